The lowest BCUT2D eigenvalue weighted by atomic mass is 9.64. The first-order valence-corrected chi connectivity index (χ1v) is 14.5. The van der Waals surface area contributed by atoms with E-state index < -0.39 is 23.4 Å². The number of ether oxygens (including phenoxy) is 1. The Morgan fingerprint density at radius 2 is 1.73 bits per heavy atom. The van der Waals surface area contributed by atoms with Crippen LogP contribution >= 0.6 is 11.3 Å². The number of thiophene rings is 1. The average molecular weight is 561 g/mol. The second-order valence-corrected chi connectivity index (χ2v) is 11.9. The van der Waals surface area contributed by atoms with Gasteiger partial charge < -0.3 is 15.0 Å². The number of nitrogens with zero attached hydrogens (tertiary/aromatic N) is 1. The van der Waals surface area contributed by atoms with Crippen LogP contribution in [-0.2, 0) is 10.2 Å². The van der Waals surface area contributed by atoms with E-state index >= 15 is 0 Å². The molecule has 41 heavy (non-hydrogen) atoms. The van der Waals surface area contributed by atoms with Crippen LogP contribution in [0.2, 0.25) is 0 Å². The summed E-state index contributed by atoms with van der Waals surface area (Å²) in [5.74, 6) is -1.04. The summed E-state index contributed by atoms with van der Waals surface area (Å²) in [6.07, 6.45) is 2.08. The Bertz CT molecular complexity index is 1760. The number of carbonyl (C=O) groups excluding carboxylic acids is 3. The number of ketones is 2. The van der Waals surface area contributed by atoms with Gasteiger partial charge in [0, 0.05) is 22.5 Å². The zero-order chi connectivity index (χ0) is 28.5. The topological polar surface area (TPSA) is 75.7 Å². The Morgan fingerprint density at radius 3 is 2.46 bits per heavy atom. The highest BCUT2D eigenvalue weighted by molar-refractivity contribution is 7.12. The molecule has 4 atom stereocenters. The number of hydrogen-bond donors (Lipinski definition) is 1. The van der Waals surface area contributed by atoms with Crippen LogP contribution in [0.15, 0.2) is 90.3 Å². The lowest BCUT2D eigenvalue weighted by Gasteiger charge is -2.39. The molecule has 1 spiro atoms. The third-order valence-electron chi connectivity index (χ3n) is 8.82. The number of hydrogen-bond acceptors (Lipinski definition) is 6. The zero-order valence-corrected chi connectivity index (χ0v) is 23.7. The minimum Gasteiger partial charge on any atom is -0.497 e. The number of fused-ring (bicyclic) bond motifs is 6. The zero-order valence-electron chi connectivity index (χ0n) is 22.9. The molecule has 7 heteroatoms. The van der Waals surface area contributed by atoms with Gasteiger partial charge in [0.15, 0.2) is 11.6 Å². The van der Waals surface area contributed by atoms with Crippen LogP contribution < -0.4 is 15.0 Å². The smallest absolute Gasteiger partial charge is 0.238 e. The summed E-state index contributed by atoms with van der Waals surface area (Å²) in [6, 6.07) is 22.8. The van der Waals surface area contributed by atoms with Gasteiger partial charge in [-0.1, -0.05) is 42.0 Å². The second-order valence-electron chi connectivity index (χ2n) is 10.9. The molecule has 7 rings (SSSR count). The lowest BCUT2D eigenvalue weighted by molar-refractivity contribution is -0.121. The van der Waals surface area contributed by atoms with Crippen molar-refractivity contribution in [3.8, 4) is 5.75 Å². The number of methoxy groups -OCH3 is 1. The fraction of sp³-hybridized carbons (Fsp3) is 0.206. The number of Topliss-reactive ketones (excluding diaryl/α,β-unsaturated/α-hetero) is 2. The van der Waals surface area contributed by atoms with E-state index in [4.69, 9.17) is 4.74 Å². The summed E-state index contributed by atoms with van der Waals surface area (Å²) < 4.78 is 5.33. The van der Waals surface area contributed by atoms with Gasteiger partial charge in [-0.05, 0) is 78.9 Å². The van der Waals surface area contributed by atoms with Crippen LogP contribution in [0.5, 0.6) is 5.75 Å². The van der Waals surface area contributed by atoms with Crippen LogP contribution in [0.1, 0.15) is 43.6 Å². The lowest BCUT2D eigenvalue weighted by Crippen LogP contribution is -2.51. The first kappa shape index (κ1) is 25.5. The minimum atomic E-state index is -1.32. The average Bonchev–Trinajstić information content (AvgIpc) is 3.70. The second kappa shape index (κ2) is 9.28. The van der Waals surface area contributed by atoms with Gasteiger partial charge in [-0.2, -0.15) is 0 Å². The predicted molar refractivity (Wildman–Crippen MR) is 161 cm³/mol. The van der Waals surface area contributed by atoms with Crippen LogP contribution in [0.3, 0.4) is 0 Å². The number of nitrogens with one attached hydrogen (secondary N) is 1. The molecule has 1 aromatic heterocycles. The molecule has 0 saturated carbocycles. The summed E-state index contributed by atoms with van der Waals surface area (Å²) in [5, 5.41) is 4.95. The SMILES string of the molecule is COc1ccc(C(=O)[C@@H]2[C@H](C(=O)c3cccs3)N3c4ccc(C)cc4C(C)=C[C@@H]3[C@]23C(=O)Nc2ccccc23)cc1. The van der Waals surface area contributed by atoms with Crippen molar-refractivity contribution in [1.82, 2.24) is 0 Å². The van der Waals surface area contributed by atoms with E-state index in [1.165, 1.54) is 11.3 Å². The van der Waals surface area contributed by atoms with Crippen LogP contribution in [-0.4, -0.2) is 36.7 Å². The summed E-state index contributed by atoms with van der Waals surface area (Å²) in [4.78, 5) is 46.4. The van der Waals surface area contributed by atoms with Crippen molar-refractivity contribution in [3.63, 3.8) is 0 Å². The molecule has 4 aromatic rings. The summed E-state index contributed by atoms with van der Waals surface area (Å²) >= 11 is 1.35. The Morgan fingerprint density at radius 1 is 0.951 bits per heavy atom. The largest absolute Gasteiger partial charge is 0.497 e. The first-order chi connectivity index (χ1) is 19.9. The predicted octanol–water partition coefficient (Wildman–Crippen LogP) is 6.31. The maximum atomic E-state index is 14.8. The van der Waals surface area contributed by atoms with E-state index in [2.05, 4.69) is 22.4 Å². The van der Waals surface area contributed by atoms with Crippen molar-refractivity contribution in [2.45, 2.75) is 31.3 Å². The molecule has 3 aliphatic heterocycles. The molecule has 0 aliphatic carbocycles. The van der Waals surface area contributed by atoms with Gasteiger partial charge in [-0.25, -0.2) is 0 Å². The van der Waals surface area contributed by atoms with Gasteiger partial charge in [-0.3, -0.25) is 14.4 Å². The number of aryl methyl sites for hydroxylation is 1. The van der Waals surface area contributed by atoms with E-state index in [1.54, 1.807) is 37.4 Å². The van der Waals surface area contributed by atoms with Crippen molar-refractivity contribution in [2.75, 3.05) is 17.3 Å². The highest BCUT2D eigenvalue weighted by atomic mass is 32.1. The molecule has 0 bridgehead atoms. The van der Waals surface area contributed by atoms with E-state index in [0.29, 0.717) is 21.9 Å². The van der Waals surface area contributed by atoms with E-state index in [1.807, 2.05) is 61.7 Å². The highest BCUT2D eigenvalue weighted by Crippen LogP contribution is 2.59. The molecule has 0 unspecified atom stereocenters. The standard InChI is InChI=1S/C34H28N2O4S/c1-19-10-15-26-23(17-19)20(2)18-28-34(24-7-4-5-8-25(24)35-33(34)39)29(31(37)21-11-13-22(40-3)14-12-21)30(36(26)28)32(38)27-9-6-16-41-27/h4-18,28-30H,1-3H3,(H,35,39)/t28-,29+,30-,34+/m1/s1. The third kappa shape index (κ3) is 3.51. The maximum absolute atomic E-state index is 14.8. The fourth-order valence-electron chi connectivity index (χ4n) is 7.05. The molecule has 3 aromatic carbocycles. The summed E-state index contributed by atoms with van der Waals surface area (Å²) in [6.45, 7) is 4.08. The minimum absolute atomic E-state index is 0.162. The number of rotatable bonds is 5. The van der Waals surface area contributed by atoms with Crippen molar-refractivity contribution in [1.29, 1.82) is 0 Å². The molecule has 1 amide bonds. The van der Waals surface area contributed by atoms with Crippen molar-refractivity contribution in [2.24, 2.45) is 5.92 Å². The van der Waals surface area contributed by atoms with Crippen LogP contribution in [0, 0.1) is 12.8 Å². The third-order valence-corrected chi connectivity index (χ3v) is 9.71. The van der Waals surface area contributed by atoms with Crippen molar-refractivity contribution >= 4 is 45.8 Å². The van der Waals surface area contributed by atoms with Crippen molar-refractivity contribution < 1.29 is 19.1 Å². The Kier molecular flexibility index (Phi) is 5.77. The monoisotopic (exact) mass is 560 g/mol. The van der Waals surface area contributed by atoms with Gasteiger partial charge in [-0.15, -0.1) is 11.3 Å². The van der Waals surface area contributed by atoms with Gasteiger partial charge in [0.2, 0.25) is 5.91 Å². The van der Waals surface area contributed by atoms with Gasteiger partial charge in [0.1, 0.15) is 17.2 Å². The van der Waals surface area contributed by atoms with E-state index in [9.17, 15) is 14.4 Å². The quantitative estimate of drug-likeness (QED) is 0.290. The molecule has 0 radical (unpaired) electrons. The molecule has 4 heterocycles. The van der Waals surface area contributed by atoms with Gasteiger partial charge in [0.25, 0.3) is 0 Å². The number of amides is 1. The number of benzene rings is 3. The van der Waals surface area contributed by atoms with Crippen LogP contribution in [0.25, 0.3) is 5.57 Å². The molecule has 1 N–H and O–H groups in total. The highest BCUT2D eigenvalue weighted by Gasteiger charge is 2.70. The Balaban J connectivity index is 1.54. The number of carbonyl (C=O) groups is 3. The van der Waals surface area contributed by atoms with Crippen LogP contribution in [0.4, 0.5) is 11.4 Å². The molecular weight excluding hydrogens is 532 g/mol. The summed E-state index contributed by atoms with van der Waals surface area (Å²) in [5.41, 5.74) is 4.50. The van der Waals surface area contributed by atoms with Crippen molar-refractivity contribution in [3.05, 3.63) is 117 Å². The molecule has 1 saturated heterocycles. The summed E-state index contributed by atoms with van der Waals surface area (Å²) in [7, 11) is 1.57. The normalized spacial score (nSPS) is 23.9. The van der Waals surface area contributed by atoms with E-state index in [0.717, 1.165) is 28.0 Å². The Labute approximate surface area is 242 Å². The maximum Gasteiger partial charge on any atom is 0.238 e. The molecule has 3 aliphatic rings. The molecule has 6 nitrogen and oxygen atoms in total. The molecule has 204 valence electrons. The van der Waals surface area contributed by atoms with Gasteiger partial charge in [0.05, 0.1) is 23.9 Å². The Hall–Kier alpha value is -4.49. The molecular formula is C34H28N2O4S. The number of allylic oxidation sites excluding steroid dienone is 1. The number of para-hydroxylation sites is 1. The first-order valence-electron chi connectivity index (χ1n) is 13.6. The van der Waals surface area contributed by atoms with Gasteiger partial charge >= 0.3 is 0 Å². The number of anilines is 2. The van der Waals surface area contributed by atoms with E-state index in [-0.39, 0.29) is 17.5 Å². The fourth-order valence-corrected chi connectivity index (χ4v) is 7.74. The molecule has 1 fully saturated rings.